The van der Waals surface area contributed by atoms with Crippen LogP contribution in [-0.2, 0) is 5.60 Å². The Morgan fingerprint density at radius 3 is 3.04 bits per heavy atom. The summed E-state index contributed by atoms with van der Waals surface area (Å²) in [6.07, 6.45) is 5.05. The first kappa shape index (κ1) is 17.8. The topological polar surface area (TPSA) is 77.7 Å². The Bertz CT molecular complexity index is 473. The molecule has 23 heavy (non-hydrogen) atoms. The molecule has 2 amide bonds. The molecule has 130 valence electrons. The molecule has 1 aliphatic heterocycles. The fraction of sp³-hybridized carbons (Fsp3) is 0.706. The summed E-state index contributed by atoms with van der Waals surface area (Å²) in [5.74, 6) is 1.22. The van der Waals surface area contributed by atoms with Gasteiger partial charge in [0, 0.05) is 13.1 Å². The number of likely N-dealkylation sites (tertiary alicyclic amines) is 1. The zero-order valence-corrected chi connectivity index (χ0v) is 14.2. The molecule has 6 heteroatoms. The maximum absolute atomic E-state index is 11.8. The second-order valence-corrected chi connectivity index (χ2v) is 6.76. The van der Waals surface area contributed by atoms with Gasteiger partial charge < -0.3 is 25.1 Å². The Morgan fingerprint density at radius 1 is 1.52 bits per heavy atom. The van der Waals surface area contributed by atoms with Gasteiger partial charge in [-0.15, -0.1) is 0 Å². The SMILES string of the molecule is CC1CCCN(CCCNC(=O)NCC(C)(O)c2ccco2)C1. The van der Waals surface area contributed by atoms with E-state index in [4.69, 9.17) is 4.42 Å². The van der Waals surface area contributed by atoms with E-state index in [-0.39, 0.29) is 12.6 Å². The number of piperidine rings is 1. The van der Waals surface area contributed by atoms with Crippen molar-refractivity contribution in [1.82, 2.24) is 15.5 Å². The van der Waals surface area contributed by atoms with E-state index in [1.807, 2.05) is 0 Å². The zero-order valence-electron chi connectivity index (χ0n) is 14.2. The highest BCUT2D eigenvalue weighted by molar-refractivity contribution is 5.73. The van der Waals surface area contributed by atoms with Crippen LogP contribution in [0.25, 0.3) is 0 Å². The number of hydrogen-bond donors (Lipinski definition) is 3. The molecule has 2 rings (SSSR count). The standard InChI is InChI=1S/C17H29N3O3/c1-14-6-3-9-20(12-14)10-5-8-18-16(21)19-13-17(2,22)15-7-4-11-23-15/h4,7,11,14,22H,3,5-6,8-10,12-13H2,1-2H3,(H2,18,19,21). The van der Waals surface area contributed by atoms with Crippen LogP contribution in [0.5, 0.6) is 0 Å². The zero-order chi connectivity index (χ0) is 16.7. The first-order valence-electron chi connectivity index (χ1n) is 8.48. The molecule has 1 aromatic rings. The molecule has 0 radical (unpaired) electrons. The molecule has 6 nitrogen and oxygen atoms in total. The number of carbonyl (C=O) groups is 1. The van der Waals surface area contributed by atoms with Crippen LogP contribution in [0.15, 0.2) is 22.8 Å². The van der Waals surface area contributed by atoms with Gasteiger partial charge in [-0.25, -0.2) is 4.79 Å². The van der Waals surface area contributed by atoms with E-state index in [1.165, 1.54) is 25.6 Å². The van der Waals surface area contributed by atoms with Crippen molar-refractivity contribution >= 4 is 6.03 Å². The predicted molar refractivity (Wildman–Crippen MR) is 89.1 cm³/mol. The van der Waals surface area contributed by atoms with Crippen molar-refractivity contribution in [2.75, 3.05) is 32.7 Å². The van der Waals surface area contributed by atoms with Crippen LogP contribution in [0.1, 0.15) is 38.9 Å². The van der Waals surface area contributed by atoms with Crippen molar-refractivity contribution in [3.63, 3.8) is 0 Å². The molecule has 0 spiro atoms. The summed E-state index contributed by atoms with van der Waals surface area (Å²) in [5, 5.41) is 15.8. The summed E-state index contributed by atoms with van der Waals surface area (Å²) in [4.78, 5) is 14.3. The van der Waals surface area contributed by atoms with Crippen molar-refractivity contribution in [3.05, 3.63) is 24.2 Å². The molecule has 1 saturated heterocycles. The molecular formula is C17H29N3O3. The molecule has 1 aliphatic rings. The molecule has 0 aromatic carbocycles. The second-order valence-electron chi connectivity index (χ2n) is 6.76. The van der Waals surface area contributed by atoms with Crippen LogP contribution < -0.4 is 10.6 Å². The van der Waals surface area contributed by atoms with Crippen LogP contribution in [0, 0.1) is 5.92 Å². The molecule has 0 saturated carbocycles. The van der Waals surface area contributed by atoms with Gasteiger partial charge in [-0.3, -0.25) is 0 Å². The number of nitrogens with zero attached hydrogens (tertiary/aromatic N) is 1. The summed E-state index contributed by atoms with van der Waals surface area (Å²) in [7, 11) is 0. The van der Waals surface area contributed by atoms with Gasteiger partial charge in [0.2, 0.25) is 0 Å². The van der Waals surface area contributed by atoms with E-state index in [2.05, 4.69) is 22.5 Å². The van der Waals surface area contributed by atoms with E-state index < -0.39 is 5.60 Å². The van der Waals surface area contributed by atoms with E-state index in [0.29, 0.717) is 12.3 Å². The molecule has 1 aromatic heterocycles. The Labute approximate surface area is 138 Å². The van der Waals surface area contributed by atoms with Crippen molar-refractivity contribution in [2.24, 2.45) is 5.92 Å². The van der Waals surface area contributed by atoms with Crippen LogP contribution in [0.4, 0.5) is 4.79 Å². The third-order valence-corrected chi connectivity index (χ3v) is 4.32. The Hall–Kier alpha value is -1.53. The van der Waals surface area contributed by atoms with Gasteiger partial charge in [0.25, 0.3) is 0 Å². The number of amides is 2. The quantitative estimate of drug-likeness (QED) is 0.670. The number of urea groups is 1. The number of carbonyl (C=O) groups excluding carboxylic acids is 1. The number of furan rings is 1. The predicted octanol–water partition coefficient (Wildman–Crippen LogP) is 1.91. The van der Waals surface area contributed by atoms with Gasteiger partial charge in [0.15, 0.2) is 0 Å². The Morgan fingerprint density at radius 2 is 2.35 bits per heavy atom. The molecule has 0 bridgehead atoms. The summed E-state index contributed by atoms with van der Waals surface area (Å²) in [6.45, 7) is 8.01. The van der Waals surface area contributed by atoms with Gasteiger partial charge in [0.05, 0.1) is 12.8 Å². The Kier molecular flexibility index (Phi) is 6.47. The minimum Gasteiger partial charge on any atom is -0.466 e. The third-order valence-electron chi connectivity index (χ3n) is 4.32. The van der Waals surface area contributed by atoms with Gasteiger partial charge in [-0.2, -0.15) is 0 Å². The van der Waals surface area contributed by atoms with Crippen LogP contribution in [0.2, 0.25) is 0 Å². The second kappa shape index (κ2) is 8.36. The molecule has 0 aliphatic carbocycles. The number of nitrogens with one attached hydrogen (secondary N) is 2. The molecular weight excluding hydrogens is 294 g/mol. The molecule has 3 N–H and O–H groups in total. The van der Waals surface area contributed by atoms with Crippen LogP contribution in [-0.4, -0.2) is 48.8 Å². The molecule has 1 fully saturated rings. The number of rotatable bonds is 7. The lowest BCUT2D eigenvalue weighted by Crippen LogP contribution is -2.44. The smallest absolute Gasteiger partial charge is 0.314 e. The summed E-state index contributed by atoms with van der Waals surface area (Å²) in [6, 6.07) is 3.15. The lowest BCUT2D eigenvalue weighted by molar-refractivity contribution is 0.0367. The van der Waals surface area contributed by atoms with Crippen LogP contribution >= 0.6 is 0 Å². The average molecular weight is 323 g/mol. The average Bonchev–Trinajstić information content (AvgIpc) is 3.05. The lowest BCUT2D eigenvalue weighted by atomic mass is 10.0. The molecule has 2 atom stereocenters. The van der Waals surface area contributed by atoms with E-state index in [9.17, 15) is 9.90 Å². The highest BCUT2D eigenvalue weighted by Gasteiger charge is 2.26. The van der Waals surface area contributed by atoms with Gasteiger partial charge in [-0.05, 0) is 57.3 Å². The number of aliphatic hydroxyl groups is 1. The fourth-order valence-corrected chi connectivity index (χ4v) is 2.98. The molecule has 2 heterocycles. The van der Waals surface area contributed by atoms with E-state index in [0.717, 1.165) is 25.4 Å². The van der Waals surface area contributed by atoms with Gasteiger partial charge in [-0.1, -0.05) is 6.92 Å². The maximum atomic E-state index is 11.8. The fourth-order valence-electron chi connectivity index (χ4n) is 2.98. The third kappa shape index (κ3) is 5.88. The van der Waals surface area contributed by atoms with E-state index >= 15 is 0 Å². The van der Waals surface area contributed by atoms with E-state index in [1.54, 1.807) is 19.1 Å². The summed E-state index contributed by atoms with van der Waals surface area (Å²) in [5.41, 5.74) is -1.20. The first-order chi connectivity index (χ1) is 11.0. The van der Waals surface area contributed by atoms with Gasteiger partial charge >= 0.3 is 6.03 Å². The van der Waals surface area contributed by atoms with Crippen molar-refractivity contribution < 1.29 is 14.3 Å². The monoisotopic (exact) mass is 323 g/mol. The van der Waals surface area contributed by atoms with Crippen LogP contribution in [0.3, 0.4) is 0 Å². The van der Waals surface area contributed by atoms with Gasteiger partial charge in [0.1, 0.15) is 11.4 Å². The minimum atomic E-state index is -1.20. The lowest BCUT2D eigenvalue weighted by Gasteiger charge is -2.30. The minimum absolute atomic E-state index is 0.107. The maximum Gasteiger partial charge on any atom is 0.314 e. The van der Waals surface area contributed by atoms with Crippen molar-refractivity contribution in [1.29, 1.82) is 0 Å². The molecule has 2 unspecified atom stereocenters. The summed E-state index contributed by atoms with van der Waals surface area (Å²) >= 11 is 0. The van der Waals surface area contributed by atoms with Crippen molar-refractivity contribution in [3.8, 4) is 0 Å². The number of hydrogen-bond acceptors (Lipinski definition) is 4. The summed E-state index contributed by atoms with van der Waals surface area (Å²) < 4.78 is 5.18. The highest BCUT2D eigenvalue weighted by atomic mass is 16.4. The largest absolute Gasteiger partial charge is 0.466 e. The highest BCUT2D eigenvalue weighted by Crippen LogP contribution is 2.19. The normalized spacial score (nSPS) is 21.6. The first-order valence-corrected chi connectivity index (χ1v) is 8.48. The Balaban J connectivity index is 1.58. The van der Waals surface area contributed by atoms with Crippen molar-refractivity contribution in [2.45, 2.75) is 38.7 Å².